The topological polar surface area (TPSA) is 24.9 Å². The van der Waals surface area contributed by atoms with E-state index < -0.39 is 0 Å². The standard InChI is InChI=1S/C24H32N2O2/c1-27-22-12-16-26(17-13-22)23-18-21(25-14-6-3-7-15-25)10-11-24(23)28-19-20-8-4-2-5-9-20/h2,4-5,8-11,18,22H,3,6-7,12-17,19H2,1H3. The van der Waals surface area contributed by atoms with Gasteiger partial charge < -0.3 is 19.3 Å². The van der Waals surface area contributed by atoms with Crippen LogP contribution in [0, 0.1) is 0 Å². The van der Waals surface area contributed by atoms with Gasteiger partial charge >= 0.3 is 0 Å². The predicted molar refractivity (Wildman–Crippen MR) is 116 cm³/mol. The summed E-state index contributed by atoms with van der Waals surface area (Å²) in [6, 6.07) is 17.2. The zero-order valence-electron chi connectivity index (χ0n) is 17.0. The molecule has 4 rings (SSSR count). The average molecular weight is 381 g/mol. The maximum atomic E-state index is 6.28. The van der Waals surface area contributed by atoms with E-state index in [1.54, 1.807) is 0 Å². The molecule has 2 aliphatic heterocycles. The third-order valence-corrected chi connectivity index (χ3v) is 6.02. The second kappa shape index (κ2) is 9.33. The summed E-state index contributed by atoms with van der Waals surface area (Å²) in [7, 11) is 1.83. The van der Waals surface area contributed by atoms with E-state index in [1.807, 2.05) is 13.2 Å². The SMILES string of the molecule is COC1CCN(c2cc(N3CCCCC3)ccc2OCc2ccccc2)CC1. The molecule has 0 amide bonds. The molecule has 2 saturated heterocycles. The van der Waals surface area contributed by atoms with Crippen molar-refractivity contribution in [3.05, 3.63) is 54.1 Å². The summed E-state index contributed by atoms with van der Waals surface area (Å²) in [5, 5.41) is 0. The molecule has 2 aromatic rings. The summed E-state index contributed by atoms with van der Waals surface area (Å²) in [5.74, 6) is 0.987. The molecule has 0 spiro atoms. The fraction of sp³-hybridized carbons (Fsp3) is 0.500. The normalized spacial score (nSPS) is 18.3. The monoisotopic (exact) mass is 380 g/mol. The van der Waals surface area contributed by atoms with Gasteiger partial charge in [-0.1, -0.05) is 30.3 Å². The van der Waals surface area contributed by atoms with Crippen molar-refractivity contribution in [3.63, 3.8) is 0 Å². The lowest BCUT2D eigenvalue weighted by molar-refractivity contribution is 0.0818. The highest BCUT2D eigenvalue weighted by molar-refractivity contribution is 5.67. The van der Waals surface area contributed by atoms with Crippen molar-refractivity contribution >= 4 is 11.4 Å². The molecule has 2 fully saturated rings. The van der Waals surface area contributed by atoms with Crippen LogP contribution in [-0.2, 0) is 11.3 Å². The maximum Gasteiger partial charge on any atom is 0.143 e. The molecule has 4 heteroatoms. The Balaban J connectivity index is 1.55. The van der Waals surface area contributed by atoms with Crippen LogP contribution in [0.2, 0.25) is 0 Å². The minimum atomic E-state index is 0.384. The van der Waals surface area contributed by atoms with Gasteiger partial charge in [-0.25, -0.2) is 0 Å². The lowest BCUT2D eigenvalue weighted by Crippen LogP contribution is -2.37. The van der Waals surface area contributed by atoms with Crippen LogP contribution < -0.4 is 14.5 Å². The Morgan fingerprint density at radius 1 is 0.857 bits per heavy atom. The molecule has 2 aliphatic rings. The number of benzene rings is 2. The molecule has 4 nitrogen and oxygen atoms in total. The highest BCUT2D eigenvalue weighted by Crippen LogP contribution is 2.36. The Bertz CT molecular complexity index is 736. The molecule has 0 radical (unpaired) electrons. The van der Waals surface area contributed by atoms with Gasteiger partial charge in [0.05, 0.1) is 11.8 Å². The van der Waals surface area contributed by atoms with Crippen molar-refractivity contribution in [1.82, 2.24) is 0 Å². The molecular weight excluding hydrogens is 348 g/mol. The Morgan fingerprint density at radius 2 is 1.61 bits per heavy atom. The lowest BCUT2D eigenvalue weighted by Gasteiger charge is -2.35. The number of rotatable bonds is 6. The van der Waals surface area contributed by atoms with Gasteiger partial charge in [0.25, 0.3) is 0 Å². The van der Waals surface area contributed by atoms with Gasteiger partial charge in [-0.15, -0.1) is 0 Å². The molecule has 2 aromatic carbocycles. The first-order valence-electron chi connectivity index (χ1n) is 10.7. The molecule has 0 aromatic heterocycles. The fourth-order valence-corrected chi connectivity index (χ4v) is 4.29. The van der Waals surface area contributed by atoms with E-state index in [-0.39, 0.29) is 0 Å². The smallest absolute Gasteiger partial charge is 0.143 e. The van der Waals surface area contributed by atoms with Crippen LogP contribution >= 0.6 is 0 Å². The Morgan fingerprint density at radius 3 is 2.32 bits per heavy atom. The average Bonchev–Trinajstić information content (AvgIpc) is 2.79. The minimum Gasteiger partial charge on any atom is -0.487 e. The molecule has 0 atom stereocenters. The van der Waals surface area contributed by atoms with E-state index in [0.29, 0.717) is 12.7 Å². The largest absolute Gasteiger partial charge is 0.487 e. The van der Waals surface area contributed by atoms with E-state index in [0.717, 1.165) is 44.8 Å². The number of hydrogen-bond donors (Lipinski definition) is 0. The summed E-state index contributed by atoms with van der Waals surface area (Å²) in [6.07, 6.45) is 6.47. The Labute approximate surface area is 169 Å². The molecule has 0 bridgehead atoms. The Hall–Kier alpha value is -2.20. The first kappa shape index (κ1) is 19.1. The predicted octanol–water partition coefficient (Wildman–Crippen LogP) is 4.87. The van der Waals surface area contributed by atoms with Gasteiger partial charge in [0.1, 0.15) is 12.4 Å². The van der Waals surface area contributed by atoms with Crippen LogP contribution in [0.4, 0.5) is 11.4 Å². The van der Waals surface area contributed by atoms with E-state index in [4.69, 9.17) is 9.47 Å². The van der Waals surface area contributed by atoms with Crippen LogP contribution in [0.5, 0.6) is 5.75 Å². The van der Waals surface area contributed by atoms with Crippen molar-refractivity contribution in [3.8, 4) is 5.75 Å². The molecule has 0 saturated carbocycles. The van der Waals surface area contributed by atoms with Gasteiger partial charge in [0.2, 0.25) is 0 Å². The van der Waals surface area contributed by atoms with Crippen LogP contribution in [0.3, 0.4) is 0 Å². The summed E-state index contributed by atoms with van der Waals surface area (Å²) < 4.78 is 11.8. The summed E-state index contributed by atoms with van der Waals surface area (Å²) in [5.41, 5.74) is 3.76. The number of ether oxygens (including phenoxy) is 2. The summed E-state index contributed by atoms with van der Waals surface area (Å²) in [4.78, 5) is 5.00. The molecule has 28 heavy (non-hydrogen) atoms. The lowest BCUT2D eigenvalue weighted by atomic mass is 10.1. The molecule has 150 valence electrons. The van der Waals surface area contributed by atoms with Crippen LogP contribution in [0.15, 0.2) is 48.5 Å². The first-order valence-corrected chi connectivity index (χ1v) is 10.7. The van der Waals surface area contributed by atoms with E-state index in [9.17, 15) is 0 Å². The third kappa shape index (κ3) is 4.61. The zero-order chi connectivity index (χ0) is 19.2. The summed E-state index contributed by atoms with van der Waals surface area (Å²) in [6.45, 7) is 4.96. The van der Waals surface area contributed by atoms with Crippen LogP contribution in [0.1, 0.15) is 37.7 Å². The van der Waals surface area contributed by atoms with Crippen molar-refractivity contribution in [1.29, 1.82) is 0 Å². The minimum absolute atomic E-state index is 0.384. The van der Waals surface area contributed by atoms with Gasteiger partial charge in [-0.2, -0.15) is 0 Å². The molecule has 2 heterocycles. The van der Waals surface area contributed by atoms with Crippen LogP contribution in [-0.4, -0.2) is 39.4 Å². The summed E-state index contributed by atoms with van der Waals surface area (Å²) >= 11 is 0. The number of hydrogen-bond acceptors (Lipinski definition) is 4. The van der Waals surface area contributed by atoms with Crippen molar-refractivity contribution in [2.24, 2.45) is 0 Å². The first-order chi connectivity index (χ1) is 13.8. The van der Waals surface area contributed by atoms with E-state index >= 15 is 0 Å². The highest BCUT2D eigenvalue weighted by atomic mass is 16.5. The van der Waals surface area contributed by atoms with Crippen LogP contribution in [0.25, 0.3) is 0 Å². The highest BCUT2D eigenvalue weighted by Gasteiger charge is 2.23. The number of anilines is 2. The van der Waals surface area contributed by atoms with Crippen molar-refractivity contribution in [2.45, 2.75) is 44.8 Å². The maximum absolute atomic E-state index is 6.28. The molecule has 0 unspecified atom stereocenters. The van der Waals surface area contributed by atoms with Gasteiger partial charge in [0, 0.05) is 39.0 Å². The molecule has 0 aliphatic carbocycles. The fourth-order valence-electron chi connectivity index (χ4n) is 4.29. The van der Waals surface area contributed by atoms with E-state index in [1.165, 1.54) is 36.2 Å². The van der Waals surface area contributed by atoms with Gasteiger partial charge in [-0.3, -0.25) is 0 Å². The second-order valence-corrected chi connectivity index (χ2v) is 7.90. The quantitative estimate of drug-likeness (QED) is 0.714. The molecule has 0 N–H and O–H groups in total. The van der Waals surface area contributed by atoms with Gasteiger partial charge in [0.15, 0.2) is 0 Å². The van der Waals surface area contributed by atoms with Crippen molar-refractivity contribution < 1.29 is 9.47 Å². The number of methoxy groups -OCH3 is 1. The van der Waals surface area contributed by atoms with Gasteiger partial charge in [-0.05, 0) is 55.9 Å². The third-order valence-electron chi connectivity index (χ3n) is 6.02. The number of nitrogens with zero attached hydrogens (tertiary/aromatic N) is 2. The van der Waals surface area contributed by atoms with E-state index in [2.05, 4.69) is 52.3 Å². The zero-order valence-corrected chi connectivity index (χ0v) is 17.0. The Kier molecular flexibility index (Phi) is 6.38. The molecular formula is C24H32N2O2. The second-order valence-electron chi connectivity index (χ2n) is 7.90. The number of piperidine rings is 2. The van der Waals surface area contributed by atoms with Crippen molar-refractivity contribution in [2.75, 3.05) is 43.1 Å².